The van der Waals surface area contributed by atoms with Crippen LogP contribution in [0.15, 0.2) is 29.3 Å². The van der Waals surface area contributed by atoms with Crippen LogP contribution in [-0.2, 0) is 4.74 Å². The second-order valence-corrected chi connectivity index (χ2v) is 7.36. The Hall–Kier alpha value is -1.22. The van der Waals surface area contributed by atoms with Crippen LogP contribution in [0, 0.1) is 5.41 Å². The number of ether oxygens (including phenoxy) is 3. The molecule has 1 saturated carbocycles. The summed E-state index contributed by atoms with van der Waals surface area (Å²) in [4.78, 5) is 4.35. The van der Waals surface area contributed by atoms with E-state index >= 15 is 0 Å². The number of nitrogens with zero attached hydrogens (tertiary/aromatic N) is 1. The van der Waals surface area contributed by atoms with Crippen LogP contribution in [0.3, 0.4) is 0 Å². The van der Waals surface area contributed by atoms with E-state index in [9.17, 15) is 0 Å². The number of aliphatic imine (C=N–C) groups is 1. The van der Waals surface area contributed by atoms with Gasteiger partial charge in [-0.25, -0.2) is 0 Å². The number of halogens is 1. The van der Waals surface area contributed by atoms with Crippen molar-refractivity contribution in [2.24, 2.45) is 10.4 Å². The van der Waals surface area contributed by atoms with Gasteiger partial charge in [-0.05, 0) is 55.9 Å². The molecule has 160 valence electrons. The Morgan fingerprint density at radius 1 is 1.11 bits per heavy atom. The first-order chi connectivity index (χ1) is 13.1. The predicted molar refractivity (Wildman–Crippen MR) is 125 cm³/mol. The Labute approximate surface area is 186 Å². The van der Waals surface area contributed by atoms with Crippen LogP contribution < -0.4 is 20.1 Å². The van der Waals surface area contributed by atoms with Gasteiger partial charge in [0.05, 0.1) is 13.7 Å². The molecule has 0 amide bonds. The van der Waals surface area contributed by atoms with Gasteiger partial charge in [-0.2, -0.15) is 0 Å². The third-order valence-electron chi connectivity index (χ3n) is 5.31. The SMILES string of the molecule is CN=C(NCC(C)Oc1ccc(OC)cc1)NCC1(CCOC)CCCC1.I. The lowest BCUT2D eigenvalue weighted by atomic mass is 9.83. The second kappa shape index (κ2) is 13.1. The third-order valence-corrected chi connectivity index (χ3v) is 5.31. The summed E-state index contributed by atoms with van der Waals surface area (Å²) < 4.78 is 16.4. The lowest BCUT2D eigenvalue weighted by molar-refractivity contribution is 0.138. The van der Waals surface area contributed by atoms with Crippen LogP contribution in [0.4, 0.5) is 0 Å². The Bertz CT molecular complexity index is 575. The summed E-state index contributed by atoms with van der Waals surface area (Å²) in [6.07, 6.45) is 6.26. The van der Waals surface area contributed by atoms with Crippen LogP contribution in [0.25, 0.3) is 0 Å². The van der Waals surface area contributed by atoms with E-state index in [4.69, 9.17) is 14.2 Å². The Morgan fingerprint density at radius 3 is 2.32 bits per heavy atom. The molecule has 0 spiro atoms. The molecule has 1 aromatic rings. The minimum Gasteiger partial charge on any atom is -0.497 e. The number of rotatable bonds is 10. The van der Waals surface area contributed by atoms with E-state index < -0.39 is 0 Å². The molecule has 0 saturated heterocycles. The van der Waals surface area contributed by atoms with E-state index in [1.165, 1.54) is 25.7 Å². The largest absolute Gasteiger partial charge is 0.497 e. The van der Waals surface area contributed by atoms with Gasteiger partial charge < -0.3 is 24.8 Å². The van der Waals surface area contributed by atoms with E-state index in [1.54, 1.807) is 21.3 Å². The monoisotopic (exact) mass is 505 g/mol. The van der Waals surface area contributed by atoms with Crippen molar-refractivity contribution in [3.63, 3.8) is 0 Å². The highest BCUT2D eigenvalue weighted by atomic mass is 127. The lowest BCUT2D eigenvalue weighted by Crippen LogP contribution is -2.45. The molecule has 0 heterocycles. The molecule has 1 aliphatic rings. The molecule has 0 aliphatic heterocycles. The molecule has 0 bridgehead atoms. The van der Waals surface area contributed by atoms with Gasteiger partial charge in [0.15, 0.2) is 5.96 Å². The van der Waals surface area contributed by atoms with Crippen molar-refractivity contribution in [3.8, 4) is 11.5 Å². The van der Waals surface area contributed by atoms with E-state index in [0.717, 1.165) is 37.0 Å². The second-order valence-electron chi connectivity index (χ2n) is 7.36. The molecule has 1 unspecified atom stereocenters. The van der Waals surface area contributed by atoms with Crippen molar-refractivity contribution < 1.29 is 14.2 Å². The van der Waals surface area contributed by atoms with Gasteiger partial charge in [0.1, 0.15) is 17.6 Å². The topological polar surface area (TPSA) is 64.1 Å². The van der Waals surface area contributed by atoms with E-state index in [2.05, 4.69) is 15.6 Å². The van der Waals surface area contributed by atoms with Crippen molar-refractivity contribution in [2.75, 3.05) is 41.0 Å². The normalized spacial score (nSPS) is 16.8. The average molecular weight is 505 g/mol. The van der Waals surface area contributed by atoms with E-state index in [1.807, 2.05) is 31.2 Å². The first-order valence-electron chi connectivity index (χ1n) is 9.85. The molecule has 7 heteroatoms. The highest BCUT2D eigenvalue weighted by molar-refractivity contribution is 14.0. The van der Waals surface area contributed by atoms with E-state index in [-0.39, 0.29) is 30.1 Å². The fourth-order valence-electron chi connectivity index (χ4n) is 3.62. The summed E-state index contributed by atoms with van der Waals surface area (Å²) >= 11 is 0. The first-order valence-corrected chi connectivity index (χ1v) is 9.85. The van der Waals surface area contributed by atoms with Crippen molar-refractivity contribution in [1.29, 1.82) is 0 Å². The van der Waals surface area contributed by atoms with Gasteiger partial charge in [-0.15, -0.1) is 24.0 Å². The summed E-state index contributed by atoms with van der Waals surface area (Å²) in [5.41, 5.74) is 0.332. The minimum atomic E-state index is 0. The van der Waals surface area contributed by atoms with Crippen LogP contribution in [0.1, 0.15) is 39.0 Å². The van der Waals surface area contributed by atoms with Gasteiger partial charge in [-0.3, -0.25) is 4.99 Å². The van der Waals surface area contributed by atoms with Gasteiger partial charge in [0.2, 0.25) is 0 Å². The number of nitrogens with one attached hydrogen (secondary N) is 2. The number of benzene rings is 1. The smallest absolute Gasteiger partial charge is 0.191 e. The summed E-state index contributed by atoms with van der Waals surface area (Å²) in [7, 11) is 5.24. The summed E-state index contributed by atoms with van der Waals surface area (Å²) in [6.45, 7) is 4.47. The van der Waals surface area contributed by atoms with Gasteiger partial charge in [0, 0.05) is 27.3 Å². The van der Waals surface area contributed by atoms with Gasteiger partial charge in [0.25, 0.3) is 0 Å². The van der Waals surface area contributed by atoms with Crippen molar-refractivity contribution in [3.05, 3.63) is 24.3 Å². The standard InChI is InChI=1S/C21H35N3O3.HI/c1-17(27-19-9-7-18(26-4)8-10-19)15-23-20(22-2)24-16-21(13-14-25-3)11-5-6-12-21;/h7-10,17H,5-6,11-16H2,1-4H3,(H2,22,23,24);1H. The van der Waals surface area contributed by atoms with Gasteiger partial charge >= 0.3 is 0 Å². The number of guanidine groups is 1. The molecule has 2 rings (SSSR count). The quantitative estimate of drug-likeness (QED) is 0.288. The molecule has 0 radical (unpaired) electrons. The van der Waals surface area contributed by atoms with Crippen molar-refractivity contribution in [1.82, 2.24) is 10.6 Å². The first kappa shape index (κ1) is 24.8. The molecule has 1 fully saturated rings. The fourth-order valence-corrected chi connectivity index (χ4v) is 3.62. The maximum absolute atomic E-state index is 5.94. The third kappa shape index (κ3) is 8.03. The molecule has 2 N–H and O–H groups in total. The van der Waals surface area contributed by atoms with Crippen LogP contribution in [0.5, 0.6) is 11.5 Å². The average Bonchev–Trinajstić information content (AvgIpc) is 3.16. The zero-order valence-corrected chi connectivity index (χ0v) is 20.0. The number of methoxy groups -OCH3 is 2. The predicted octanol–water partition coefficient (Wildman–Crippen LogP) is 3.84. The fraction of sp³-hybridized carbons (Fsp3) is 0.667. The summed E-state index contributed by atoms with van der Waals surface area (Å²) in [6, 6.07) is 7.64. The number of hydrogen-bond donors (Lipinski definition) is 2. The van der Waals surface area contributed by atoms with Crippen molar-refractivity contribution >= 4 is 29.9 Å². The van der Waals surface area contributed by atoms with Crippen LogP contribution >= 0.6 is 24.0 Å². The van der Waals surface area contributed by atoms with Crippen LogP contribution in [-0.4, -0.2) is 53.0 Å². The summed E-state index contributed by atoms with van der Waals surface area (Å²) in [5, 5.41) is 6.87. The molecular formula is C21H36IN3O3. The maximum atomic E-state index is 5.94. The van der Waals surface area contributed by atoms with Crippen molar-refractivity contribution in [2.45, 2.75) is 45.1 Å². The molecule has 1 aromatic carbocycles. The highest BCUT2D eigenvalue weighted by Gasteiger charge is 2.33. The Morgan fingerprint density at radius 2 is 1.75 bits per heavy atom. The minimum absolute atomic E-state index is 0. The Kier molecular flexibility index (Phi) is 11.6. The highest BCUT2D eigenvalue weighted by Crippen LogP contribution is 2.40. The number of hydrogen-bond acceptors (Lipinski definition) is 4. The molecule has 1 atom stereocenters. The zero-order valence-electron chi connectivity index (χ0n) is 17.6. The molecular weight excluding hydrogens is 469 g/mol. The molecule has 1 aliphatic carbocycles. The Balaban J connectivity index is 0.00000392. The molecule has 0 aromatic heterocycles. The zero-order chi connectivity index (χ0) is 19.5. The van der Waals surface area contributed by atoms with Gasteiger partial charge in [-0.1, -0.05) is 12.8 Å². The van der Waals surface area contributed by atoms with E-state index in [0.29, 0.717) is 12.0 Å². The summed E-state index contributed by atoms with van der Waals surface area (Å²) in [5.74, 6) is 2.48. The lowest BCUT2D eigenvalue weighted by Gasteiger charge is -2.30. The molecule has 28 heavy (non-hydrogen) atoms. The van der Waals surface area contributed by atoms with Crippen LogP contribution in [0.2, 0.25) is 0 Å². The maximum Gasteiger partial charge on any atom is 0.191 e. The molecule has 6 nitrogen and oxygen atoms in total.